The lowest BCUT2D eigenvalue weighted by molar-refractivity contribution is -0.0604. The van der Waals surface area contributed by atoms with E-state index in [2.05, 4.69) is 21.1 Å². The number of guanidine groups is 1. The molecule has 0 bridgehead atoms. The SMILES string of the molecule is C#CCNC(=NC)N1CC(C)OC(c2ccc(F)cc2)C1.I. The van der Waals surface area contributed by atoms with Crippen LogP contribution in [-0.2, 0) is 4.74 Å². The van der Waals surface area contributed by atoms with Crippen LogP contribution in [0, 0.1) is 18.2 Å². The number of hydrogen-bond donors (Lipinski definition) is 1. The maximum atomic E-state index is 13.0. The second kappa shape index (κ2) is 8.96. The Labute approximate surface area is 148 Å². The van der Waals surface area contributed by atoms with Gasteiger partial charge in [0.25, 0.3) is 0 Å². The Morgan fingerprint density at radius 3 is 2.73 bits per heavy atom. The molecular weight excluding hydrogens is 396 g/mol. The van der Waals surface area contributed by atoms with Crippen molar-refractivity contribution in [2.75, 3.05) is 26.7 Å². The Bertz CT molecular complexity index is 541. The first-order chi connectivity index (χ1) is 10.1. The first kappa shape index (κ1) is 18.7. The number of morpholine rings is 1. The zero-order chi connectivity index (χ0) is 15.2. The van der Waals surface area contributed by atoms with E-state index < -0.39 is 0 Å². The van der Waals surface area contributed by atoms with Crippen molar-refractivity contribution in [3.8, 4) is 12.3 Å². The number of rotatable bonds is 2. The first-order valence-electron chi connectivity index (χ1n) is 6.94. The number of benzene rings is 1. The third-order valence-corrected chi connectivity index (χ3v) is 3.36. The molecule has 6 heteroatoms. The maximum Gasteiger partial charge on any atom is 0.194 e. The lowest BCUT2D eigenvalue weighted by Gasteiger charge is -2.38. The van der Waals surface area contributed by atoms with Crippen LogP contribution in [-0.4, -0.2) is 43.6 Å². The summed E-state index contributed by atoms with van der Waals surface area (Å²) in [6.07, 6.45) is 5.22. The summed E-state index contributed by atoms with van der Waals surface area (Å²) in [7, 11) is 1.73. The van der Waals surface area contributed by atoms with Crippen molar-refractivity contribution < 1.29 is 9.13 Å². The van der Waals surface area contributed by atoms with E-state index in [4.69, 9.17) is 11.2 Å². The third kappa shape index (κ3) is 4.85. The van der Waals surface area contributed by atoms with Gasteiger partial charge < -0.3 is 15.0 Å². The molecule has 1 aliphatic rings. The number of hydrogen-bond acceptors (Lipinski definition) is 2. The molecule has 22 heavy (non-hydrogen) atoms. The van der Waals surface area contributed by atoms with Gasteiger partial charge in [0.1, 0.15) is 11.9 Å². The molecule has 1 saturated heterocycles. The van der Waals surface area contributed by atoms with Gasteiger partial charge in [-0.05, 0) is 24.6 Å². The van der Waals surface area contributed by atoms with Gasteiger partial charge in [-0.2, -0.15) is 0 Å². The zero-order valence-corrected chi connectivity index (χ0v) is 15.1. The first-order valence-corrected chi connectivity index (χ1v) is 6.94. The molecule has 0 radical (unpaired) electrons. The van der Waals surface area contributed by atoms with Crippen molar-refractivity contribution in [2.45, 2.75) is 19.1 Å². The third-order valence-electron chi connectivity index (χ3n) is 3.36. The predicted octanol–water partition coefficient (Wildman–Crippen LogP) is 2.41. The monoisotopic (exact) mass is 417 g/mol. The normalized spacial score (nSPS) is 21.7. The summed E-state index contributed by atoms with van der Waals surface area (Å²) < 4.78 is 19.0. The molecule has 2 atom stereocenters. The highest BCUT2D eigenvalue weighted by Gasteiger charge is 2.28. The standard InChI is InChI=1S/C16H20FN3O.HI/c1-4-9-19-16(18-3)20-10-12(2)21-15(11-20)13-5-7-14(17)8-6-13;/h1,5-8,12,15H,9-11H2,2-3H3,(H,18,19);1H. The Balaban J connectivity index is 0.00000242. The van der Waals surface area contributed by atoms with Crippen molar-refractivity contribution in [1.82, 2.24) is 10.2 Å². The van der Waals surface area contributed by atoms with Gasteiger partial charge in [-0.25, -0.2) is 4.39 Å². The topological polar surface area (TPSA) is 36.9 Å². The van der Waals surface area contributed by atoms with Crippen molar-refractivity contribution in [2.24, 2.45) is 4.99 Å². The van der Waals surface area contributed by atoms with Crippen molar-refractivity contribution in [1.29, 1.82) is 0 Å². The number of ether oxygens (including phenoxy) is 1. The van der Waals surface area contributed by atoms with E-state index in [9.17, 15) is 4.39 Å². The molecule has 1 fully saturated rings. The molecular formula is C16H21FIN3O. The summed E-state index contributed by atoms with van der Waals surface area (Å²) in [4.78, 5) is 6.36. The molecule has 0 amide bonds. The molecule has 1 aromatic rings. The molecule has 1 aliphatic heterocycles. The molecule has 4 nitrogen and oxygen atoms in total. The fraction of sp³-hybridized carbons (Fsp3) is 0.438. The molecule has 0 aliphatic carbocycles. The Kier molecular flexibility index (Phi) is 7.62. The van der Waals surface area contributed by atoms with Crippen LogP contribution in [0.15, 0.2) is 29.3 Å². The predicted molar refractivity (Wildman–Crippen MR) is 96.9 cm³/mol. The summed E-state index contributed by atoms with van der Waals surface area (Å²) in [5, 5.41) is 3.11. The van der Waals surface area contributed by atoms with E-state index in [1.165, 1.54) is 12.1 Å². The molecule has 120 valence electrons. The van der Waals surface area contributed by atoms with Crippen molar-refractivity contribution in [3.05, 3.63) is 35.6 Å². The number of nitrogens with zero attached hydrogens (tertiary/aromatic N) is 2. The van der Waals surface area contributed by atoms with E-state index in [1.54, 1.807) is 19.2 Å². The second-order valence-electron chi connectivity index (χ2n) is 5.00. The fourth-order valence-electron chi connectivity index (χ4n) is 2.45. The van der Waals surface area contributed by atoms with E-state index in [0.717, 1.165) is 18.1 Å². The highest BCUT2D eigenvalue weighted by atomic mass is 127. The minimum Gasteiger partial charge on any atom is -0.367 e. The van der Waals surface area contributed by atoms with Crippen LogP contribution in [0.5, 0.6) is 0 Å². The Hall–Kier alpha value is -1.33. The summed E-state index contributed by atoms with van der Waals surface area (Å²) in [6.45, 7) is 3.83. The Morgan fingerprint density at radius 2 is 2.14 bits per heavy atom. The van der Waals surface area contributed by atoms with Gasteiger partial charge in [0.15, 0.2) is 5.96 Å². The van der Waals surface area contributed by atoms with Gasteiger partial charge in [0.05, 0.1) is 19.2 Å². The van der Waals surface area contributed by atoms with E-state index >= 15 is 0 Å². The highest BCUT2D eigenvalue weighted by Crippen LogP contribution is 2.25. The average molecular weight is 417 g/mol. The van der Waals surface area contributed by atoms with Gasteiger partial charge >= 0.3 is 0 Å². The van der Waals surface area contributed by atoms with E-state index in [1.807, 2.05) is 6.92 Å². The summed E-state index contributed by atoms with van der Waals surface area (Å²) in [5.74, 6) is 3.06. The van der Waals surface area contributed by atoms with Crippen LogP contribution in [0.1, 0.15) is 18.6 Å². The van der Waals surface area contributed by atoms with Gasteiger partial charge in [-0.3, -0.25) is 4.99 Å². The molecule has 0 aromatic heterocycles. The summed E-state index contributed by atoms with van der Waals surface area (Å²) >= 11 is 0. The van der Waals surface area contributed by atoms with Gasteiger partial charge in [-0.15, -0.1) is 30.4 Å². The summed E-state index contributed by atoms with van der Waals surface area (Å²) in [5.41, 5.74) is 0.959. The number of terminal acetylenes is 1. The molecule has 2 unspecified atom stereocenters. The second-order valence-corrected chi connectivity index (χ2v) is 5.00. The van der Waals surface area contributed by atoms with Crippen molar-refractivity contribution >= 4 is 29.9 Å². The smallest absolute Gasteiger partial charge is 0.194 e. The van der Waals surface area contributed by atoms with E-state index in [-0.39, 0.29) is 42.0 Å². The van der Waals surface area contributed by atoms with Gasteiger partial charge in [0.2, 0.25) is 0 Å². The lowest BCUT2D eigenvalue weighted by atomic mass is 10.1. The Morgan fingerprint density at radius 1 is 1.45 bits per heavy atom. The zero-order valence-electron chi connectivity index (χ0n) is 12.8. The van der Waals surface area contributed by atoms with Gasteiger partial charge in [0, 0.05) is 13.6 Å². The summed E-state index contributed by atoms with van der Waals surface area (Å²) in [6, 6.07) is 6.42. The highest BCUT2D eigenvalue weighted by molar-refractivity contribution is 14.0. The largest absolute Gasteiger partial charge is 0.367 e. The lowest BCUT2D eigenvalue weighted by Crippen LogP contribution is -2.50. The molecule has 1 N–H and O–H groups in total. The van der Waals surface area contributed by atoms with Crippen LogP contribution in [0.2, 0.25) is 0 Å². The van der Waals surface area contributed by atoms with Crippen molar-refractivity contribution in [3.63, 3.8) is 0 Å². The molecule has 0 spiro atoms. The van der Waals surface area contributed by atoms with Crippen LogP contribution in [0.25, 0.3) is 0 Å². The van der Waals surface area contributed by atoms with Gasteiger partial charge in [-0.1, -0.05) is 18.1 Å². The minimum atomic E-state index is -0.244. The van der Waals surface area contributed by atoms with Crippen LogP contribution in [0.4, 0.5) is 4.39 Å². The maximum absolute atomic E-state index is 13.0. The average Bonchev–Trinajstić information content (AvgIpc) is 2.48. The van der Waals surface area contributed by atoms with Crippen LogP contribution >= 0.6 is 24.0 Å². The molecule has 2 rings (SSSR count). The molecule has 1 aromatic carbocycles. The number of halogens is 2. The fourth-order valence-corrected chi connectivity index (χ4v) is 2.45. The molecule has 1 heterocycles. The number of nitrogens with one attached hydrogen (secondary N) is 1. The molecule has 0 saturated carbocycles. The van der Waals surface area contributed by atoms with Crippen LogP contribution in [0.3, 0.4) is 0 Å². The number of aliphatic imine (C=N–C) groups is 1. The van der Waals surface area contributed by atoms with Crippen LogP contribution < -0.4 is 5.32 Å². The minimum absolute atomic E-state index is 0. The quantitative estimate of drug-likeness (QED) is 0.348. The van der Waals surface area contributed by atoms with E-state index in [0.29, 0.717) is 13.1 Å².